The van der Waals surface area contributed by atoms with Crippen LogP contribution in [-0.2, 0) is 0 Å². The lowest BCUT2D eigenvalue weighted by Gasteiger charge is -2.27. The average molecular weight is 366 g/mol. The fraction of sp³-hybridized carbons (Fsp3) is 0.278. The average Bonchev–Trinajstić information content (AvgIpc) is 3.24. The molecule has 1 saturated heterocycles. The van der Waals surface area contributed by atoms with Crippen molar-refractivity contribution in [2.45, 2.75) is 19.3 Å². The molecule has 138 valence electrons. The van der Waals surface area contributed by atoms with Crippen LogP contribution in [0.1, 0.15) is 19.3 Å². The molecule has 27 heavy (non-hydrogen) atoms. The Bertz CT molecular complexity index is 921. The number of aromatic nitrogens is 4. The van der Waals surface area contributed by atoms with E-state index in [2.05, 4.69) is 15.0 Å². The highest BCUT2D eigenvalue weighted by molar-refractivity contribution is 5.63. The molecule has 1 aliphatic heterocycles. The minimum Gasteiger partial charge on any atom is -0.434 e. The van der Waals surface area contributed by atoms with Gasteiger partial charge in [-0.15, -0.1) is 0 Å². The lowest BCUT2D eigenvalue weighted by Crippen LogP contribution is -2.30. The van der Waals surface area contributed by atoms with Crippen LogP contribution in [0.4, 0.5) is 11.5 Å². The molecule has 1 aliphatic rings. The normalized spacial score (nSPS) is 14.1. The van der Waals surface area contributed by atoms with E-state index in [4.69, 9.17) is 4.74 Å². The maximum absolute atomic E-state index is 11.7. The smallest absolute Gasteiger partial charge is 0.373 e. The van der Waals surface area contributed by atoms with E-state index in [1.807, 2.05) is 27.8 Å². The van der Waals surface area contributed by atoms with Crippen molar-refractivity contribution >= 4 is 11.5 Å². The van der Waals surface area contributed by atoms with E-state index in [9.17, 15) is 10.1 Å². The second-order valence-electron chi connectivity index (χ2n) is 6.22. The van der Waals surface area contributed by atoms with Crippen LogP contribution in [0.5, 0.6) is 11.6 Å². The van der Waals surface area contributed by atoms with Gasteiger partial charge in [-0.1, -0.05) is 0 Å². The standard InChI is InChI=1S/C18H18N6O3/c25-24(26)16-17(22-9-2-1-3-10-22)20-12-21-18(16)27-15-6-4-14(5-7-15)23-11-8-19-13-23/h4-8,11-13H,1-3,9-10H2. The minimum atomic E-state index is -0.473. The number of imidazole rings is 1. The Labute approximate surface area is 155 Å². The Balaban J connectivity index is 1.62. The number of ether oxygens (including phenoxy) is 1. The SMILES string of the molecule is O=[N+]([O-])c1c(Oc2ccc(-n3ccnc3)cc2)ncnc1N1CCCCC1. The highest BCUT2D eigenvalue weighted by atomic mass is 16.6. The quantitative estimate of drug-likeness (QED) is 0.504. The molecular formula is C18H18N6O3. The second-order valence-corrected chi connectivity index (χ2v) is 6.22. The molecule has 9 heteroatoms. The maximum Gasteiger partial charge on any atom is 0.373 e. The number of hydrogen-bond acceptors (Lipinski definition) is 7. The van der Waals surface area contributed by atoms with Crippen molar-refractivity contribution in [3.05, 3.63) is 59.4 Å². The molecule has 9 nitrogen and oxygen atoms in total. The Morgan fingerprint density at radius 1 is 1.07 bits per heavy atom. The number of nitro groups is 1. The van der Waals surface area contributed by atoms with Gasteiger partial charge in [0.15, 0.2) is 0 Å². The van der Waals surface area contributed by atoms with Gasteiger partial charge in [-0.05, 0) is 43.5 Å². The zero-order valence-corrected chi connectivity index (χ0v) is 14.6. The van der Waals surface area contributed by atoms with E-state index in [0.29, 0.717) is 11.6 Å². The van der Waals surface area contributed by atoms with Gasteiger partial charge in [0, 0.05) is 31.2 Å². The summed E-state index contributed by atoms with van der Waals surface area (Å²) in [5.74, 6) is 0.732. The molecule has 0 saturated carbocycles. The topological polar surface area (TPSA) is 99.2 Å². The first kappa shape index (κ1) is 17.0. The molecular weight excluding hydrogens is 348 g/mol. The first-order valence-electron chi connectivity index (χ1n) is 8.73. The monoisotopic (exact) mass is 366 g/mol. The number of nitrogens with zero attached hydrogens (tertiary/aromatic N) is 6. The van der Waals surface area contributed by atoms with Crippen molar-refractivity contribution in [3.8, 4) is 17.3 Å². The summed E-state index contributed by atoms with van der Waals surface area (Å²) in [5, 5.41) is 11.7. The van der Waals surface area contributed by atoms with Crippen LogP contribution in [0, 0.1) is 10.1 Å². The molecule has 0 spiro atoms. The Hall–Kier alpha value is -3.49. The van der Waals surface area contributed by atoms with Gasteiger partial charge in [-0.3, -0.25) is 10.1 Å². The van der Waals surface area contributed by atoms with Gasteiger partial charge < -0.3 is 14.2 Å². The van der Waals surface area contributed by atoms with E-state index in [1.54, 1.807) is 24.7 Å². The highest BCUT2D eigenvalue weighted by Gasteiger charge is 2.29. The van der Waals surface area contributed by atoms with E-state index < -0.39 is 4.92 Å². The van der Waals surface area contributed by atoms with E-state index in [-0.39, 0.29) is 11.6 Å². The molecule has 0 radical (unpaired) electrons. The zero-order valence-electron chi connectivity index (χ0n) is 14.6. The number of benzene rings is 1. The summed E-state index contributed by atoms with van der Waals surface area (Å²) in [6.45, 7) is 1.49. The van der Waals surface area contributed by atoms with Gasteiger partial charge in [0.2, 0.25) is 5.82 Å². The number of hydrogen-bond donors (Lipinski definition) is 0. The molecule has 0 N–H and O–H groups in total. The lowest BCUT2D eigenvalue weighted by atomic mass is 10.1. The molecule has 0 amide bonds. The van der Waals surface area contributed by atoms with Crippen LogP contribution in [0.25, 0.3) is 5.69 Å². The third-order valence-electron chi connectivity index (χ3n) is 4.46. The molecule has 0 unspecified atom stereocenters. The Kier molecular flexibility index (Phi) is 4.65. The van der Waals surface area contributed by atoms with Crippen molar-refractivity contribution in [1.82, 2.24) is 19.5 Å². The number of piperidine rings is 1. The summed E-state index contributed by atoms with van der Waals surface area (Å²) >= 11 is 0. The first-order chi connectivity index (χ1) is 13.2. The summed E-state index contributed by atoms with van der Waals surface area (Å²) < 4.78 is 7.58. The first-order valence-corrected chi connectivity index (χ1v) is 8.73. The predicted molar refractivity (Wildman–Crippen MR) is 98.4 cm³/mol. The van der Waals surface area contributed by atoms with Crippen LogP contribution in [0.2, 0.25) is 0 Å². The van der Waals surface area contributed by atoms with Gasteiger partial charge in [0.1, 0.15) is 12.1 Å². The molecule has 0 atom stereocenters. The second kappa shape index (κ2) is 7.40. The van der Waals surface area contributed by atoms with E-state index in [1.165, 1.54) is 6.33 Å². The summed E-state index contributed by atoms with van der Waals surface area (Å²) in [4.78, 5) is 25.3. The van der Waals surface area contributed by atoms with Crippen molar-refractivity contribution < 1.29 is 9.66 Å². The van der Waals surface area contributed by atoms with Crippen molar-refractivity contribution in [2.75, 3.05) is 18.0 Å². The van der Waals surface area contributed by atoms with Crippen LogP contribution in [-0.4, -0.2) is 37.5 Å². The largest absolute Gasteiger partial charge is 0.434 e. The third kappa shape index (κ3) is 3.57. The molecule has 0 aliphatic carbocycles. The van der Waals surface area contributed by atoms with E-state index in [0.717, 1.165) is 38.0 Å². The van der Waals surface area contributed by atoms with Crippen LogP contribution >= 0.6 is 0 Å². The van der Waals surface area contributed by atoms with Crippen molar-refractivity contribution in [2.24, 2.45) is 0 Å². The molecule has 0 bridgehead atoms. The number of anilines is 1. The molecule has 1 aromatic carbocycles. The molecule has 3 heterocycles. The van der Waals surface area contributed by atoms with Gasteiger partial charge in [0.05, 0.1) is 11.3 Å². The molecule has 2 aromatic heterocycles. The molecule has 3 aromatic rings. The summed E-state index contributed by atoms with van der Waals surface area (Å²) in [5.41, 5.74) is 0.712. The summed E-state index contributed by atoms with van der Waals surface area (Å²) in [6.07, 6.45) is 9.64. The fourth-order valence-corrected chi connectivity index (χ4v) is 3.14. The van der Waals surface area contributed by atoms with Crippen molar-refractivity contribution in [1.29, 1.82) is 0 Å². The Morgan fingerprint density at radius 3 is 2.52 bits per heavy atom. The van der Waals surface area contributed by atoms with Gasteiger partial charge in [-0.2, -0.15) is 4.98 Å². The fourth-order valence-electron chi connectivity index (χ4n) is 3.14. The highest BCUT2D eigenvalue weighted by Crippen LogP contribution is 2.37. The van der Waals surface area contributed by atoms with Crippen LogP contribution < -0.4 is 9.64 Å². The van der Waals surface area contributed by atoms with Gasteiger partial charge in [0.25, 0.3) is 0 Å². The molecule has 1 fully saturated rings. The van der Waals surface area contributed by atoms with Crippen molar-refractivity contribution in [3.63, 3.8) is 0 Å². The lowest BCUT2D eigenvalue weighted by molar-refractivity contribution is -0.385. The third-order valence-corrected chi connectivity index (χ3v) is 4.46. The summed E-state index contributed by atoms with van der Waals surface area (Å²) in [7, 11) is 0. The zero-order chi connectivity index (χ0) is 18.6. The molecule has 4 rings (SSSR count). The van der Waals surface area contributed by atoms with Crippen LogP contribution in [0.15, 0.2) is 49.3 Å². The number of rotatable bonds is 5. The minimum absolute atomic E-state index is 0.0500. The van der Waals surface area contributed by atoms with Gasteiger partial charge in [-0.25, -0.2) is 9.97 Å². The summed E-state index contributed by atoms with van der Waals surface area (Å²) in [6, 6.07) is 7.16. The Morgan fingerprint density at radius 2 is 1.85 bits per heavy atom. The van der Waals surface area contributed by atoms with E-state index >= 15 is 0 Å². The van der Waals surface area contributed by atoms with Gasteiger partial charge >= 0.3 is 11.6 Å². The maximum atomic E-state index is 11.7. The predicted octanol–water partition coefficient (Wildman–Crippen LogP) is 3.35. The van der Waals surface area contributed by atoms with Crippen LogP contribution in [0.3, 0.4) is 0 Å².